The molecule has 0 aliphatic carbocycles. The lowest BCUT2D eigenvalue weighted by molar-refractivity contribution is 0.592. The lowest BCUT2D eigenvalue weighted by Gasteiger charge is -2.10. The van der Waals surface area contributed by atoms with Crippen LogP contribution in [0.5, 0.6) is 0 Å². The monoisotopic (exact) mass is 227 g/mol. The summed E-state index contributed by atoms with van der Waals surface area (Å²) in [6, 6.07) is 5.38. The predicted molar refractivity (Wildman–Crippen MR) is 61.1 cm³/mol. The molecule has 0 aromatic heterocycles. The zero-order chi connectivity index (χ0) is 11.6. The summed E-state index contributed by atoms with van der Waals surface area (Å²) in [4.78, 5) is 0.260. The van der Waals surface area contributed by atoms with Gasteiger partial charge in [-0.25, -0.2) is 13.6 Å². The number of benzene rings is 1. The Morgan fingerprint density at radius 1 is 1.33 bits per heavy atom. The van der Waals surface area contributed by atoms with Crippen molar-refractivity contribution in [1.29, 1.82) is 0 Å². The van der Waals surface area contributed by atoms with Gasteiger partial charge in [0.1, 0.15) is 0 Å². The first kappa shape index (κ1) is 12.2. The van der Waals surface area contributed by atoms with Gasteiger partial charge in [0.25, 0.3) is 0 Å². The lowest BCUT2D eigenvalue weighted by Crippen LogP contribution is -2.15. The fourth-order valence-corrected chi connectivity index (χ4v) is 2.40. The first-order valence-electron chi connectivity index (χ1n) is 4.93. The molecule has 15 heavy (non-hydrogen) atoms. The van der Waals surface area contributed by atoms with Crippen LogP contribution in [0.2, 0.25) is 0 Å². The number of rotatable bonds is 3. The van der Waals surface area contributed by atoms with Gasteiger partial charge in [0.2, 0.25) is 10.0 Å². The van der Waals surface area contributed by atoms with Crippen LogP contribution >= 0.6 is 0 Å². The van der Waals surface area contributed by atoms with E-state index in [1.807, 2.05) is 32.9 Å². The Kier molecular flexibility index (Phi) is 3.52. The molecule has 0 heterocycles. The van der Waals surface area contributed by atoms with E-state index < -0.39 is 10.0 Å². The maximum atomic E-state index is 11.4. The number of primary sulfonamides is 1. The van der Waals surface area contributed by atoms with Gasteiger partial charge in [0.15, 0.2) is 0 Å². The Labute approximate surface area is 91.4 Å². The average Bonchev–Trinajstić information content (AvgIpc) is 2.05. The first-order chi connectivity index (χ1) is 6.80. The summed E-state index contributed by atoms with van der Waals surface area (Å²) >= 11 is 0. The second-order valence-electron chi connectivity index (χ2n) is 4.25. The molecular weight excluding hydrogens is 210 g/mol. The van der Waals surface area contributed by atoms with E-state index in [0.29, 0.717) is 5.92 Å². The Bertz CT molecular complexity index is 450. The van der Waals surface area contributed by atoms with Crippen LogP contribution < -0.4 is 5.14 Å². The van der Waals surface area contributed by atoms with Crippen molar-refractivity contribution in [3.8, 4) is 0 Å². The van der Waals surface area contributed by atoms with Crippen molar-refractivity contribution >= 4 is 10.0 Å². The van der Waals surface area contributed by atoms with Gasteiger partial charge in [-0.3, -0.25) is 0 Å². The molecule has 3 nitrogen and oxygen atoms in total. The molecular formula is C11H17NO2S. The molecule has 1 aromatic rings. The van der Waals surface area contributed by atoms with Crippen LogP contribution in [-0.4, -0.2) is 8.42 Å². The minimum absolute atomic E-state index is 0.260. The summed E-state index contributed by atoms with van der Waals surface area (Å²) < 4.78 is 22.7. The van der Waals surface area contributed by atoms with Crippen molar-refractivity contribution in [2.24, 2.45) is 11.1 Å². The second-order valence-corrected chi connectivity index (χ2v) is 5.78. The van der Waals surface area contributed by atoms with Crippen molar-refractivity contribution in [3.05, 3.63) is 29.3 Å². The van der Waals surface area contributed by atoms with Crippen LogP contribution in [0.3, 0.4) is 0 Å². The van der Waals surface area contributed by atoms with Crippen molar-refractivity contribution < 1.29 is 8.42 Å². The van der Waals surface area contributed by atoms with E-state index in [-0.39, 0.29) is 4.90 Å². The maximum absolute atomic E-state index is 11.4. The zero-order valence-corrected chi connectivity index (χ0v) is 10.1. The molecule has 0 saturated carbocycles. The molecule has 84 valence electrons. The molecule has 0 bridgehead atoms. The molecule has 0 aliphatic heterocycles. The van der Waals surface area contributed by atoms with Gasteiger partial charge >= 0.3 is 0 Å². The van der Waals surface area contributed by atoms with E-state index in [1.165, 1.54) is 0 Å². The molecule has 0 unspecified atom stereocenters. The fraction of sp³-hybridized carbons (Fsp3) is 0.455. The number of aryl methyl sites for hydroxylation is 1. The molecule has 0 spiro atoms. The van der Waals surface area contributed by atoms with E-state index in [9.17, 15) is 8.42 Å². The standard InChI is InChI=1S/C11H17NO2S/c1-8(2)6-10-5-4-9(3)7-11(10)15(12,13)14/h4-5,7-8H,6H2,1-3H3,(H2,12,13,14). The third kappa shape index (κ3) is 3.32. The second kappa shape index (κ2) is 4.33. The molecule has 0 atom stereocenters. The smallest absolute Gasteiger partial charge is 0.225 e. The third-order valence-electron chi connectivity index (χ3n) is 2.16. The van der Waals surface area contributed by atoms with E-state index in [0.717, 1.165) is 17.5 Å². The number of hydrogen-bond acceptors (Lipinski definition) is 2. The van der Waals surface area contributed by atoms with Crippen LogP contribution in [0.1, 0.15) is 25.0 Å². The summed E-state index contributed by atoms with van der Waals surface area (Å²) in [5, 5.41) is 5.17. The molecule has 0 amide bonds. The SMILES string of the molecule is Cc1ccc(CC(C)C)c(S(N)(=O)=O)c1. The van der Waals surface area contributed by atoms with E-state index >= 15 is 0 Å². The molecule has 2 N–H and O–H groups in total. The van der Waals surface area contributed by atoms with Crippen LogP contribution in [0.4, 0.5) is 0 Å². The van der Waals surface area contributed by atoms with Crippen LogP contribution in [-0.2, 0) is 16.4 Å². The molecule has 0 aliphatic rings. The Morgan fingerprint density at radius 2 is 1.93 bits per heavy atom. The Morgan fingerprint density at radius 3 is 2.40 bits per heavy atom. The van der Waals surface area contributed by atoms with Crippen molar-refractivity contribution in [2.75, 3.05) is 0 Å². The normalized spacial score (nSPS) is 12.1. The van der Waals surface area contributed by atoms with Gasteiger partial charge in [0, 0.05) is 0 Å². The molecule has 0 radical (unpaired) electrons. The van der Waals surface area contributed by atoms with Crippen LogP contribution in [0, 0.1) is 12.8 Å². The largest absolute Gasteiger partial charge is 0.238 e. The molecule has 0 fully saturated rings. The Balaban J connectivity index is 3.27. The highest BCUT2D eigenvalue weighted by Crippen LogP contribution is 2.19. The summed E-state index contributed by atoms with van der Waals surface area (Å²) in [5.41, 5.74) is 1.71. The summed E-state index contributed by atoms with van der Waals surface area (Å²) in [5.74, 6) is 0.410. The molecule has 1 rings (SSSR count). The van der Waals surface area contributed by atoms with Gasteiger partial charge in [-0.15, -0.1) is 0 Å². The van der Waals surface area contributed by atoms with Crippen molar-refractivity contribution in [3.63, 3.8) is 0 Å². The van der Waals surface area contributed by atoms with Crippen LogP contribution in [0.25, 0.3) is 0 Å². The highest BCUT2D eigenvalue weighted by Gasteiger charge is 2.14. The topological polar surface area (TPSA) is 60.2 Å². The third-order valence-corrected chi connectivity index (χ3v) is 3.15. The van der Waals surface area contributed by atoms with E-state index in [2.05, 4.69) is 0 Å². The fourth-order valence-electron chi connectivity index (χ4n) is 1.54. The summed E-state index contributed by atoms with van der Waals surface area (Å²) in [6.45, 7) is 5.95. The van der Waals surface area contributed by atoms with Gasteiger partial charge in [-0.2, -0.15) is 0 Å². The van der Waals surface area contributed by atoms with E-state index in [4.69, 9.17) is 5.14 Å². The van der Waals surface area contributed by atoms with Crippen molar-refractivity contribution in [2.45, 2.75) is 32.1 Å². The van der Waals surface area contributed by atoms with Gasteiger partial charge < -0.3 is 0 Å². The summed E-state index contributed by atoms with van der Waals surface area (Å²) in [7, 11) is -3.60. The van der Waals surface area contributed by atoms with Gasteiger partial charge in [0.05, 0.1) is 4.90 Å². The van der Waals surface area contributed by atoms with Crippen molar-refractivity contribution in [1.82, 2.24) is 0 Å². The van der Waals surface area contributed by atoms with Gasteiger partial charge in [-0.1, -0.05) is 26.0 Å². The zero-order valence-electron chi connectivity index (χ0n) is 9.32. The maximum Gasteiger partial charge on any atom is 0.238 e. The molecule has 4 heteroatoms. The predicted octanol–water partition coefficient (Wildman–Crippen LogP) is 1.84. The molecule has 1 aromatic carbocycles. The Hall–Kier alpha value is -0.870. The number of sulfonamides is 1. The number of nitrogens with two attached hydrogens (primary N) is 1. The minimum atomic E-state index is -3.60. The van der Waals surface area contributed by atoms with Gasteiger partial charge in [-0.05, 0) is 36.5 Å². The highest BCUT2D eigenvalue weighted by molar-refractivity contribution is 7.89. The quantitative estimate of drug-likeness (QED) is 0.856. The first-order valence-corrected chi connectivity index (χ1v) is 6.47. The molecule has 0 saturated heterocycles. The summed E-state index contributed by atoms with van der Waals surface area (Å²) in [6.07, 6.45) is 0.728. The lowest BCUT2D eigenvalue weighted by atomic mass is 10.0. The number of hydrogen-bond donors (Lipinski definition) is 1. The average molecular weight is 227 g/mol. The highest BCUT2D eigenvalue weighted by atomic mass is 32.2. The minimum Gasteiger partial charge on any atom is -0.225 e. The van der Waals surface area contributed by atoms with E-state index in [1.54, 1.807) is 6.07 Å². The van der Waals surface area contributed by atoms with Crippen LogP contribution in [0.15, 0.2) is 23.1 Å².